The van der Waals surface area contributed by atoms with Crippen LogP contribution in [0, 0.1) is 5.92 Å². The number of hydrogen-bond donors (Lipinski definition) is 1. The first kappa shape index (κ1) is 19.1. The van der Waals surface area contributed by atoms with Crippen molar-refractivity contribution in [2.75, 3.05) is 0 Å². The maximum absolute atomic E-state index is 15.4. The normalized spacial score (nSPS) is 17.2. The van der Waals surface area contributed by atoms with E-state index in [2.05, 4.69) is 10.1 Å². The number of rotatable bonds is 6. The third kappa shape index (κ3) is 3.71. The van der Waals surface area contributed by atoms with Crippen molar-refractivity contribution in [2.24, 2.45) is 5.92 Å². The zero-order chi connectivity index (χ0) is 19.1. The second-order valence-corrected chi connectivity index (χ2v) is 14.3. The molecule has 0 radical (unpaired) electrons. The van der Waals surface area contributed by atoms with Crippen LogP contribution in [0.4, 0.5) is 2.66 Å². The molecule has 0 atom stereocenters. The van der Waals surface area contributed by atoms with Crippen LogP contribution >= 0.6 is 23.4 Å². The van der Waals surface area contributed by atoms with Crippen molar-refractivity contribution in [3.63, 3.8) is 0 Å². The molecule has 1 N–H and O–H groups in total. The second kappa shape index (κ2) is 7.64. The number of pyridine rings is 1. The molecule has 1 fully saturated rings. The summed E-state index contributed by atoms with van der Waals surface area (Å²) in [5, 5.41) is 14.0. The topological polar surface area (TPSA) is 68.0 Å². The summed E-state index contributed by atoms with van der Waals surface area (Å²) in [5.74, 6) is -0.780. The number of halogens is 2. The summed E-state index contributed by atoms with van der Waals surface area (Å²) in [7, 11) is 0. The van der Waals surface area contributed by atoms with E-state index in [9.17, 15) is 9.90 Å². The van der Waals surface area contributed by atoms with Crippen molar-refractivity contribution >= 4 is 54.7 Å². The Labute approximate surface area is 173 Å². The van der Waals surface area contributed by atoms with E-state index in [1.165, 1.54) is 17.8 Å². The van der Waals surface area contributed by atoms with Gasteiger partial charge in [0.15, 0.2) is 0 Å². The van der Waals surface area contributed by atoms with Gasteiger partial charge in [-0.25, -0.2) is 0 Å². The van der Waals surface area contributed by atoms with E-state index in [4.69, 9.17) is 11.6 Å². The molecule has 0 saturated heterocycles. The van der Waals surface area contributed by atoms with E-state index in [0.29, 0.717) is 23.6 Å². The van der Waals surface area contributed by atoms with Crippen molar-refractivity contribution in [3.05, 3.63) is 55.1 Å². The number of carbonyl (C=O) groups is 1. The zero-order valence-electron chi connectivity index (χ0n) is 14.5. The Morgan fingerprint density at radius 2 is 2.26 bits per heavy atom. The molecule has 0 bridgehead atoms. The average Bonchev–Trinajstić information content (AvgIpc) is 3.32. The van der Waals surface area contributed by atoms with Crippen LogP contribution in [0.15, 0.2) is 48.9 Å². The Morgan fingerprint density at radius 3 is 2.89 bits per heavy atom. The van der Waals surface area contributed by atoms with Gasteiger partial charge < -0.3 is 0 Å². The van der Waals surface area contributed by atoms with E-state index in [0.717, 1.165) is 28.9 Å². The maximum atomic E-state index is 15.4. The van der Waals surface area contributed by atoms with Crippen LogP contribution in [-0.4, -0.2) is 47.9 Å². The number of aromatic carboxylic acids is 1. The molecule has 2 aromatic heterocycles. The predicted molar refractivity (Wildman–Crippen MR) is 104 cm³/mol. The first-order chi connectivity index (χ1) is 13.0. The van der Waals surface area contributed by atoms with Crippen LogP contribution in [0.5, 0.6) is 0 Å². The second-order valence-electron chi connectivity index (χ2n) is 6.49. The fraction of sp³-hybridized carbons (Fsp3) is 0.278. The van der Waals surface area contributed by atoms with Gasteiger partial charge in [0.05, 0.1) is 0 Å². The molecule has 1 saturated carbocycles. The van der Waals surface area contributed by atoms with Crippen molar-refractivity contribution < 1.29 is 12.6 Å². The van der Waals surface area contributed by atoms with Gasteiger partial charge in [-0.15, -0.1) is 0 Å². The Bertz CT molecular complexity index is 986. The summed E-state index contributed by atoms with van der Waals surface area (Å²) < 4.78 is 18.3. The summed E-state index contributed by atoms with van der Waals surface area (Å²) in [4.78, 5) is 16.2. The summed E-state index contributed by atoms with van der Waals surface area (Å²) in [6.07, 6.45) is 5.58. The third-order valence-corrected chi connectivity index (χ3v) is 13.2. The van der Waals surface area contributed by atoms with E-state index in [1.54, 1.807) is 23.0 Å². The molecule has 0 amide bonds. The minimum atomic E-state index is -3.79. The van der Waals surface area contributed by atoms with Gasteiger partial charge in [-0.3, -0.25) is 0 Å². The van der Waals surface area contributed by atoms with Crippen LogP contribution in [-0.2, 0) is 6.54 Å². The third-order valence-electron chi connectivity index (χ3n) is 4.63. The van der Waals surface area contributed by atoms with Crippen molar-refractivity contribution in [1.29, 1.82) is 0 Å². The summed E-state index contributed by atoms with van der Waals surface area (Å²) in [6, 6.07) is 4.85. The van der Waals surface area contributed by atoms with Gasteiger partial charge in [-0.05, 0) is 0 Å². The number of hydrogen-bond acceptors (Lipinski definition) is 4. The van der Waals surface area contributed by atoms with Crippen molar-refractivity contribution in [1.82, 2.24) is 14.8 Å². The molecular formula is C18H16ClFInN3O2S. The van der Waals surface area contributed by atoms with E-state index >= 15 is 2.66 Å². The van der Waals surface area contributed by atoms with E-state index in [1.807, 2.05) is 13.1 Å². The van der Waals surface area contributed by atoms with Crippen LogP contribution < -0.4 is 0 Å². The van der Waals surface area contributed by atoms with Crippen LogP contribution in [0.1, 0.15) is 35.8 Å². The van der Waals surface area contributed by atoms with Gasteiger partial charge >= 0.3 is 174 Å². The molecule has 0 aromatic carbocycles. The van der Waals surface area contributed by atoms with E-state index in [-0.39, 0.29) is 5.69 Å². The molecule has 138 valence electrons. The van der Waals surface area contributed by atoms with Gasteiger partial charge in [0.1, 0.15) is 0 Å². The molecule has 4 rings (SSSR count). The van der Waals surface area contributed by atoms with Gasteiger partial charge in [0, 0.05) is 0 Å². The number of thioether (sulfide) groups is 1. The molecule has 0 spiro atoms. The molecule has 3 heterocycles. The predicted octanol–water partition coefficient (Wildman–Crippen LogP) is 4.46. The average molecular weight is 508 g/mol. The Kier molecular flexibility index (Phi) is 5.40. The van der Waals surface area contributed by atoms with Crippen LogP contribution in [0.25, 0.3) is 3.33 Å². The zero-order valence-corrected chi connectivity index (χ0v) is 19.4. The SMILES string of the molecule is CCn1cc([C]2=C(Sc3cccc(C(=O)O)n3)C(C3CC3)=[C](Cl)[In]2[F])cn1. The first-order valence-electron chi connectivity index (χ1n) is 8.68. The Hall–Kier alpha value is -1.25. The molecule has 1 aliphatic carbocycles. The number of allylic oxidation sites excluding steroid dienone is 1. The first-order valence-corrected chi connectivity index (χ1v) is 14.4. The summed E-state index contributed by atoms with van der Waals surface area (Å²) in [6.45, 7) is 2.69. The van der Waals surface area contributed by atoms with Crippen LogP contribution in [0.2, 0.25) is 0 Å². The molecule has 5 nitrogen and oxygen atoms in total. The monoisotopic (exact) mass is 507 g/mol. The number of aromatic nitrogens is 3. The molecule has 1 aliphatic heterocycles. The standard InChI is InChI=1S/C18H16ClN3O2S.FH.In/c1-2-22-11-12(10-20-22)8-16(14(9-19)13-6-7-13)25-17-5-3-4-15(21-17)18(23)24;;/h3-5,10-11,13H,2,6-7H2,1H3,(H,23,24);1H;/q;;+1/p-1. The van der Waals surface area contributed by atoms with Gasteiger partial charge in [-0.2, -0.15) is 0 Å². The molecule has 27 heavy (non-hydrogen) atoms. The van der Waals surface area contributed by atoms with Gasteiger partial charge in [-0.1, -0.05) is 0 Å². The Morgan fingerprint density at radius 1 is 1.48 bits per heavy atom. The number of carboxylic acids is 1. The fourth-order valence-corrected chi connectivity index (χ4v) is 11.7. The van der Waals surface area contributed by atoms with Crippen molar-refractivity contribution in [3.8, 4) is 0 Å². The molecule has 0 unspecified atom stereocenters. The molecule has 9 heteroatoms. The number of aryl methyl sites for hydroxylation is 1. The van der Waals surface area contributed by atoms with E-state index < -0.39 is 28.0 Å². The molecular weight excluding hydrogens is 492 g/mol. The summed E-state index contributed by atoms with van der Waals surface area (Å²) in [5.41, 5.74) is 1.68. The molecule has 2 aliphatic rings. The van der Waals surface area contributed by atoms with Crippen molar-refractivity contribution in [2.45, 2.75) is 31.3 Å². The van der Waals surface area contributed by atoms with Gasteiger partial charge in [0.2, 0.25) is 0 Å². The quantitative estimate of drug-likeness (QED) is 0.626. The minimum absolute atomic E-state index is 0.0256. The number of carboxylic acid groups (broad SMARTS) is 1. The summed E-state index contributed by atoms with van der Waals surface area (Å²) >= 11 is 4.03. The van der Waals surface area contributed by atoms with Gasteiger partial charge in [0.25, 0.3) is 0 Å². The fourth-order valence-electron chi connectivity index (χ4n) is 3.14. The molecule has 2 aromatic rings. The number of nitrogens with zero attached hydrogens (tertiary/aromatic N) is 3. The Balaban J connectivity index is 1.79. The van der Waals surface area contributed by atoms with Crippen LogP contribution in [0.3, 0.4) is 0 Å².